The second-order valence-electron chi connectivity index (χ2n) is 11.4. The van der Waals surface area contributed by atoms with Crippen molar-refractivity contribution < 1.29 is 28.2 Å². The molecule has 2 unspecified atom stereocenters. The monoisotopic (exact) mass is 666 g/mol. The van der Waals surface area contributed by atoms with Gasteiger partial charge in [0, 0.05) is 42.5 Å². The van der Waals surface area contributed by atoms with Crippen LogP contribution in [0.2, 0.25) is 0 Å². The molecule has 1 aromatic heterocycles. The summed E-state index contributed by atoms with van der Waals surface area (Å²) in [6.45, 7) is 1.45. The summed E-state index contributed by atoms with van der Waals surface area (Å²) < 4.78 is 32.7. The SMILES string of the molecule is C=CC(=O)N1CCc2nn(-c3ccc(C4CCC4)cc3O)c3c2C(C1)N(C(=O)c1ccc(Br)c2c1=NC(OC(F)F)N=2)CC3. The summed E-state index contributed by atoms with van der Waals surface area (Å²) in [6, 6.07) is 8.44. The van der Waals surface area contributed by atoms with E-state index in [0.717, 1.165) is 35.4 Å². The third-order valence-corrected chi connectivity index (χ3v) is 9.64. The van der Waals surface area contributed by atoms with Gasteiger partial charge in [-0.25, -0.2) is 14.7 Å². The Labute approximate surface area is 259 Å². The predicted molar refractivity (Wildman–Crippen MR) is 157 cm³/mol. The maximum atomic E-state index is 14.3. The summed E-state index contributed by atoms with van der Waals surface area (Å²) in [6.07, 6.45) is 4.13. The van der Waals surface area contributed by atoms with Crippen molar-refractivity contribution in [2.75, 3.05) is 19.6 Å². The van der Waals surface area contributed by atoms with Crippen molar-refractivity contribution in [3.05, 3.63) is 86.3 Å². The molecule has 0 spiro atoms. The van der Waals surface area contributed by atoms with Crippen LogP contribution in [-0.2, 0) is 22.4 Å². The highest BCUT2D eigenvalue weighted by atomic mass is 79.9. The number of carbonyl (C=O) groups excluding carboxylic acids is 2. The fraction of sp³-hybridized carbons (Fsp3) is 0.387. The number of hydrogen-bond acceptors (Lipinski definition) is 7. The number of benzene rings is 2. The third-order valence-electron chi connectivity index (χ3n) is 9.00. The van der Waals surface area contributed by atoms with E-state index in [1.807, 2.05) is 18.2 Å². The van der Waals surface area contributed by atoms with Gasteiger partial charge in [0.25, 0.3) is 12.3 Å². The van der Waals surface area contributed by atoms with E-state index in [2.05, 4.69) is 37.2 Å². The first-order valence-electron chi connectivity index (χ1n) is 14.6. The quantitative estimate of drug-likeness (QED) is 0.404. The van der Waals surface area contributed by atoms with E-state index in [9.17, 15) is 23.5 Å². The zero-order valence-corrected chi connectivity index (χ0v) is 25.2. The average Bonchev–Trinajstić information content (AvgIpc) is 3.49. The van der Waals surface area contributed by atoms with Crippen molar-refractivity contribution in [3.8, 4) is 11.4 Å². The Morgan fingerprint density at radius 3 is 2.61 bits per heavy atom. The van der Waals surface area contributed by atoms with Crippen LogP contribution in [0.1, 0.15) is 64.1 Å². The highest BCUT2D eigenvalue weighted by Crippen LogP contribution is 2.41. The van der Waals surface area contributed by atoms with E-state index < -0.39 is 19.0 Å². The lowest BCUT2D eigenvalue weighted by atomic mass is 9.80. The van der Waals surface area contributed by atoms with Crippen LogP contribution >= 0.6 is 15.9 Å². The van der Waals surface area contributed by atoms with E-state index in [1.165, 1.54) is 12.5 Å². The number of aromatic nitrogens is 2. The minimum Gasteiger partial charge on any atom is -0.506 e. The fourth-order valence-electron chi connectivity index (χ4n) is 6.62. The van der Waals surface area contributed by atoms with Crippen LogP contribution in [-0.4, -0.2) is 69.1 Å². The van der Waals surface area contributed by atoms with Crippen molar-refractivity contribution >= 4 is 27.7 Å². The Hall–Kier alpha value is -3.97. The standard InChI is InChI=1S/C31H29BrF2N6O4/c1-2-25(42)38-12-10-20-26-22(40(37-20)21-9-6-17(14-24(21)41)16-4-3-5-16)11-13-39(23(26)15-38)29(43)18-7-8-19(32)28-27(18)35-31(36-28)44-30(33)34/h2,6-9,14,16,23,30-31,41H,1,3-5,10-13,15H2. The topological polar surface area (TPSA) is 113 Å². The molecule has 4 aliphatic rings. The molecule has 1 fully saturated rings. The van der Waals surface area contributed by atoms with Gasteiger partial charge in [-0.15, -0.1) is 0 Å². The number of alkyl halides is 2. The number of phenols is 1. The second kappa shape index (κ2) is 11.2. The van der Waals surface area contributed by atoms with Crippen molar-refractivity contribution in [2.24, 2.45) is 9.98 Å². The summed E-state index contributed by atoms with van der Waals surface area (Å²) in [4.78, 5) is 38.7. The van der Waals surface area contributed by atoms with Gasteiger partial charge in [-0.05, 0) is 70.6 Å². The molecule has 2 amide bonds. The maximum absolute atomic E-state index is 14.3. The van der Waals surface area contributed by atoms with Crippen LogP contribution in [0.4, 0.5) is 8.78 Å². The molecule has 228 valence electrons. The van der Waals surface area contributed by atoms with Gasteiger partial charge in [0.15, 0.2) is 0 Å². The fourth-order valence-corrected chi connectivity index (χ4v) is 7.04. The molecule has 4 heterocycles. The second-order valence-corrected chi connectivity index (χ2v) is 12.2. The highest BCUT2D eigenvalue weighted by Gasteiger charge is 2.41. The molecular weight excluding hydrogens is 638 g/mol. The molecule has 44 heavy (non-hydrogen) atoms. The Kier molecular flexibility index (Phi) is 7.32. The number of hydrogen-bond donors (Lipinski definition) is 1. The lowest BCUT2D eigenvalue weighted by Crippen LogP contribution is -2.47. The van der Waals surface area contributed by atoms with Crippen molar-refractivity contribution in [1.29, 1.82) is 0 Å². The average molecular weight is 668 g/mol. The minimum absolute atomic E-state index is 0.151. The number of ether oxygens (including phenoxy) is 1. The normalized spacial score (nSPS) is 20.7. The summed E-state index contributed by atoms with van der Waals surface area (Å²) in [7, 11) is 0. The maximum Gasteiger partial charge on any atom is 0.348 e. The Morgan fingerprint density at radius 1 is 1.11 bits per heavy atom. The van der Waals surface area contributed by atoms with Crippen LogP contribution < -0.4 is 10.7 Å². The van der Waals surface area contributed by atoms with Crippen LogP contribution in [0.25, 0.3) is 5.69 Å². The molecule has 1 N–H and O–H groups in total. The molecule has 2 aromatic carbocycles. The van der Waals surface area contributed by atoms with E-state index in [0.29, 0.717) is 35.5 Å². The van der Waals surface area contributed by atoms with Crippen LogP contribution in [0.3, 0.4) is 0 Å². The summed E-state index contributed by atoms with van der Waals surface area (Å²) in [5.41, 5.74) is 4.36. The number of rotatable bonds is 6. The number of phenolic OH excluding ortho intramolecular Hbond substituents is 1. The minimum atomic E-state index is -3.08. The first kappa shape index (κ1) is 28.8. The Balaban J connectivity index is 1.30. The molecule has 0 saturated heterocycles. The predicted octanol–water partition coefficient (Wildman–Crippen LogP) is 3.69. The molecule has 3 aliphatic heterocycles. The molecule has 1 aliphatic carbocycles. The molecule has 13 heteroatoms. The van der Waals surface area contributed by atoms with Crippen molar-refractivity contribution in [3.63, 3.8) is 0 Å². The van der Waals surface area contributed by atoms with Crippen molar-refractivity contribution in [2.45, 2.75) is 57.0 Å². The number of fused-ring (bicyclic) bond motifs is 1. The van der Waals surface area contributed by atoms with Gasteiger partial charge >= 0.3 is 6.61 Å². The summed E-state index contributed by atoms with van der Waals surface area (Å²) in [5.74, 6) is -0.00702. The summed E-state index contributed by atoms with van der Waals surface area (Å²) >= 11 is 3.37. The van der Waals surface area contributed by atoms with Gasteiger partial charge in [-0.3, -0.25) is 14.3 Å². The van der Waals surface area contributed by atoms with Crippen molar-refractivity contribution in [1.82, 2.24) is 19.6 Å². The number of nitrogens with zero attached hydrogens (tertiary/aromatic N) is 6. The Bertz CT molecular complexity index is 1820. The molecule has 10 nitrogen and oxygen atoms in total. The van der Waals surface area contributed by atoms with E-state index in [4.69, 9.17) is 5.10 Å². The number of carbonyl (C=O) groups is 2. The van der Waals surface area contributed by atoms with E-state index in [-0.39, 0.29) is 46.9 Å². The van der Waals surface area contributed by atoms with Crippen LogP contribution in [0, 0.1) is 0 Å². The Morgan fingerprint density at radius 2 is 1.91 bits per heavy atom. The molecule has 1 saturated carbocycles. The first-order chi connectivity index (χ1) is 21.2. The summed E-state index contributed by atoms with van der Waals surface area (Å²) in [5, 5.41) is 16.4. The first-order valence-corrected chi connectivity index (χ1v) is 15.4. The molecule has 0 bridgehead atoms. The van der Waals surface area contributed by atoms with Crippen LogP contribution in [0.15, 0.2) is 57.4 Å². The number of aromatic hydroxyl groups is 1. The van der Waals surface area contributed by atoms with Gasteiger partial charge in [0.05, 0.1) is 23.0 Å². The smallest absolute Gasteiger partial charge is 0.348 e. The van der Waals surface area contributed by atoms with Gasteiger partial charge in [-0.1, -0.05) is 19.1 Å². The molecule has 2 atom stereocenters. The van der Waals surface area contributed by atoms with E-state index >= 15 is 0 Å². The number of amides is 2. The van der Waals surface area contributed by atoms with E-state index in [1.54, 1.807) is 26.6 Å². The number of halogens is 3. The molecule has 3 aromatic rings. The largest absolute Gasteiger partial charge is 0.506 e. The van der Waals surface area contributed by atoms with Gasteiger partial charge in [0.2, 0.25) is 5.91 Å². The zero-order chi connectivity index (χ0) is 30.7. The highest BCUT2D eigenvalue weighted by molar-refractivity contribution is 9.10. The molecular formula is C31H29BrF2N6O4. The van der Waals surface area contributed by atoms with Crippen LogP contribution in [0.5, 0.6) is 5.75 Å². The lowest BCUT2D eigenvalue weighted by Gasteiger charge is -2.38. The molecule has 7 rings (SSSR count). The lowest BCUT2D eigenvalue weighted by molar-refractivity contribution is -0.158. The van der Waals surface area contributed by atoms with Gasteiger partial charge < -0.3 is 14.9 Å². The van der Waals surface area contributed by atoms with Gasteiger partial charge in [0.1, 0.15) is 22.2 Å². The third kappa shape index (κ3) is 4.82. The molecule has 0 radical (unpaired) electrons. The zero-order valence-electron chi connectivity index (χ0n) is 23.6. The van der Waals surface area contributed by atoms with Gasteiger partial charge in [-0.2, -0.15) is 13.9 Å².